The van der Waals surface area contributed by atoms with Crippen molar-refractivity contribution in [3.8, 4) is 0 Å². The van der Waals surface area contributed by atoms with Crippen LogP contribution in [-0.4, -0.2) is 20.3 Å². The molecule has 3 heteroatoms. The number of ether oxygens (including phenoxy) is 1. The lowest BCUT2D eigenvalue weighted by atomic mass is 9.90. The van der Waals surface area contributed by atoms with Gasteiger partial charge in [-0.15, -0.1) is 12.4 Å². The topological polar surface area (TPSA) is 35.2 Å². The predicted molar refractivity (Wildman–Crippen MR) is 46.6 cm³/mol. The fraction of sp³-hybridized carbons (Fsp3) is 1.00. The van der Waals surface area contributed by atoms with Crippen LogP contribution in [0.1, 0.15) is 20.3 Å². The summed E-state index contributed by atoms with van der Waals surface area (Å²) in [5, 5.41) is 0. The fourth-order valence-corrected chi connectivity index (χ4v) is 0.480. The normalized spacial score (nSPS) is 10.8. The predicted octanol–water partition coefficient (Wildman–Crippen LogP) is 1.43. The maximum atomic E-state index is 5.49. The molecule has 0 heterocycles. The highest BCUT2D eigenvalue weighted by Crippen LogP contribution is 2.16. The minimum absolute atomic E-state index is 0. The van der Waals surface area contributed by atoms with Crippen LogP contribution in [0.4, 0.5) is 0 Å². The summed E-state index contributed by atoms with van der Waals surface area (Å²) in [7, 11) is 1.71. The molecule has 0 unspecified atom stereocenters. The quantitative estimate of drug-likeness (QED) is 0.688. The minimum Gasteiger partial charge on any atom is -0.385 e. The van der Waals surface area contributed by atoms with Crippen molar-refractivity contribution in [1.82, 2.24) is 0 Å². The van der Waals surface area contributed by atoms with Gasteiger partial charge in [-0.25, -0.2) is 0 Å². The summed E-state index contributed by atoms with van der Waals surface area (Å²) < 4.78 is 4.92. The lowest BCUT2D eigenvalue weighted by molar-refractivity contribution is 0.155. The summed E-state index contributed by atoms with van der Waals surface area (Å²) in [6.07, 6.45) is 1.04. The molecule has 0 spiro atoms. The molecule has 0 saturated heterocycles. The number of nitrogens with two attached hydrogens (primary N) is 1. The summed E-state index contributed by atoms with van der Waals surface area (Å²) in [6.45, 7) is 5.83. The molecule has 2 nitrogen and oxygen atoms in total. The van der Waals surface area contributed by atoms with Gasteiger partial charge in [0.2, 0.25) is 0 Å². The molecule has 0 aromatic rings. The zero-order chi connectivity index (χ0) is 7.33. The molecule has 0 aromatic heterocycles. The van der Waals surface area contributed by atoms with E-state index in [1.807, 2.05) is 0 Å². The molecule has 0 bridgehead atoms. The molecule has 2 N–H and O–H groups in total. The van der Waals surface area contributed by atoms with Crippen LogP contribution in [0.5, 0.6) is 0 Å². The SMILES string of the molecule is COCCC(C)(C)CN.Cl. The highest BCUT2D eigenvalue weighted by Gasteiger charge is 2.13. The monoisotopic (exact) mass is 167 g/mol. The van der Waals surface area contributed by atoms with Gasteiger partial charge in [-0.2, -0.15) is 0 Å². The fourth-order valence-electron chi connectivity index (χ4n) is 0.480. The first kappa shape index (κ1) is 12.8. The molecule has 0 saturated carbocycles. The van der Waals surface area contributed by atoms with Gasteiger partial charge in [-0.3, -0.25) is 0 Å². The zero-order valence-electron chi connectivity index (χ0n) is 7.02. The Labute approximate surface area is 69.5 Å². The van der Waals surface area contributed by atoms with Crippen molar-refractivity contribution in [3.63, 3.8) is 0 Å². The van der Waals surface area contributed by atoms with Gasteiger partial charge < -0.3 is 10.5 Å². The molecule has 0 atom stereocenters. The second-order valence-corrected chi connectivity index (χ2v) is 3.11. The lowest BCUT2D eigenvalue weighted by Gasteiger charge is -2.20. The number of hydrogen-bond donors (Lipinski definition) is 1. The molecule has 0 fully saturated rings. The van der Waals surface area contributed by atoms with Crippen molar-refractivity contribution in [2.75, 3.05) is 20.3 Å². The first-order valence-corrected chi connectivity index (χ1v) is 3.31. The van der Waals surface area contributed by atoms with Crippen molar-refractivity contribution < 1.29 is 4.74 Å². The lowest BCUT2D eigenvalue weighted by Crippen LogP contribution is -2.24. The highest BCUT2D eigenvalue weighted by molar-refractivity contribution is 5.85. The summed E-state index contributed by atoms with van der Waals surface area (Å²) in [5.74, 6) is 0. The number of halogens is 1. The number of hydrogen-bond acceptors (Lipinski definition) is 2. The molecule has 0 rings (SSSR count). The van der Waals surface area contributed by atoms with E-state index >= 15 is 0 Å². The van der Waals surface area contributed by atoms with E-state index < -0.39 is 0 Å². The van der Waals surface area contributed by atoms with E-state index in [1.165, 1.54) is 0 Å². The van der Waals surface area contributed by atoms with Gasteiger partial charge in [0.1, 0.15) is 0 Å². The molecule has 0 aromatic carbocycles. The Balaban J connectivity index is 0. The van der Waals surface area contributed by atoms with E-state index in [2.05, 4.69) is 13.8 Å². The van der Waals surface area contributed by atoms with Crippen LogP contribution in [0.25, 0.3) is 0 Å². The average Bonchev–Trinajstić information content (AvgIpc) is 1.84. The van der Waals surface area contributed by atoms with E-state index in [1.54, 1.807) is 7.11 Å². The molecular weight excluding hydrogens is 150 g/mol. The maximum absolute atomic E-state index is 5.49. The van der Waals surface area contributed by atoms with Crippen LogP contribution in [-0.2, 0) is 4.74 Å². The molecule has 0 aliphatic rings. The Bertz CT molecular complexity index is 76.0. The largest absolute Gasteiger partial charge is 0.385 e. The Kier molecular flexibility index (Phi) is 7.65. The van der Waals surface area contributed by atoms with Crippen molar-refractivity contribution in [2.24, 2.45) is 11.1 Å². The van der Waals surface area contributed by atoms with Crippen molar-refractivity contribution in [3.05, 3.63) is 0 Å². The van der Waals surface area contributed by atoms with Crippen LogP contribution in [0, 0.1) is 5.41 Å². The molecule has 0 amide bonds. The van der Waals surface area contributed by atoms with Crippen LogP contribution in [0.2, 0.25) is 0 Å². The number of rotatable bonds is 4. The van der Waals surface area contributed by atoms with Crippen LogP contribution >= 0.6 is 12.4 Å². The zero-order valence-corrected chi connectivity index (χ0v) is 7.83. The standard InChI is InChI=1S/C7H17NO.ClH/c1-7(2,6-8)4-5-9-3;/h4-6,8H2,1-3H3;1H. The van der Waals surface area contributed by atoms with Gasteiger partial charge in [0.05, 0.1) is 0 Å². The second kappa shape index (κ2) is 5.96. The molecular formula is C7H18ClNO. The van der Waals surface area contributed by atoms with Crippen LogP contribution in [0.3, 0.4) is 0 Å². The Morgan fingerprint density at radius 3 is 2.20 bits per heavy atom. The van der Waals surface area contributed by atoms with Gasteiger partial charge in [0, 0.05) is 13.7 Å². The van der Waals surface area contributed by atoms with Crippen molar-refractivity contribution in [1.29, 1.82) is 0 Å². The van der Waals surface area contributed by atoms with Gasteiger partial charge >= 0.3 is 0 Å². The van der Waals surface area contributed by atoms with Crippen LogP contribution in [0.15, 0.2) is 0 Å². The molecule has 0 aliphatic carbocycles. The first-order valence-electron chi connectivity index (χ1n) is 3.31. The Morgan fingerprint density at radius 2 is 1.90 bits per heavy atom. The van der Waals surface area contributed by atoms with Gasteiger partial charge in [0.25, 0.3) is 0 Å². The highest BCUT2D eigenvalue weighted by atomic mass is 35.5. The third-order valence-electron chi connectivity index (χ3n) is 1.54. The van der Waals surface area contributed by atoms with Crippen LogP contribution < -0.4 is 5.73 Å². The Hall–Kier alpha value is 0.210. The summed E-state index contributed by atoms with van der Waals surface area (Å²) >= 11 is 0. The molecule has 0 aliphatic heterocycles. The third-order valence-corrected chi connectivity index (χ3v) is 1.54. The summed E-state index contributed by atoms with van der Waals surface area (Å²) in [6, 6.07) is 0. The molecule has 0 radical (unpaired) electrons. The van der Waals surface area contributed by atoms with E-state index in [9.17, 15) is 0 Å². The van der Waals surface area contributed by atoms with Gasteiger partial charge in [0.15, 0.2) is 0 Å². The van der Waals surface area contributed by atoms with Crippen molar-refractivity contribution in [2.45, 2.75) is 20.3 Å². The minimum atomic E-state index is 0. The maximum Gasteiger partial charge on any atom is 0.0467 e. The Morgan fingerprint density at radius 1 is 1.40 bits per heavy atom. The van der Waals surface area contributed by atoms with E-state index in [4.69, 9.17) is 10.5 Å². The van der Waals surface area contributed by atoms with E-state index in [0.29, 0.717) is 0 Å². The summed E-state index contributed by atoms with van der Waals surface area (Å²) in [5.41, 5.74) is 5.74. The smallest absolute Gasteiger partial charge is 0.0467 e. The molecule has 10 heavy (non-hydrogen) atoms. The van der Waals surface area contributed by atoms with Crippen molar-refractivity contribution >= 4 is 12.4 Å². The van der Waals surface area contributed by atoms with Gasteiger partial charge in [-0.1, -0.05) is 13.8 Å². The van der Waals surface area contributed by atoms with E-state index in [-0.39, 0.29) is 17.8 Å². The van der Waals surface area contributed by atoms with Gasteiger partial charge in [-0.05, 0) is 18.4 Å². The first-order chi connectivity index (χ1) is 4.12. The summed E-state index contributed by atoms with van der Waals surface area (Å²) in [4.78, 5) is 0. The molecule has 64 valence electrons. The third kappa shape index (κ3) is 6.33. The number of methoxy groups -OCH3 is 1. The van der Waals surface area contributed by atoms with E-state index in [0.717, 1.165) is 19.6 Å². The average molecular weight is 168 g/mol. The second-order valence-electron chi connectivity index (χ2n) is 3.11.